The first-order valence-electron chi connectivity index (χ1n) is 12.2. The Balaban J connectivity index is 1.74. The third-order valence-electron chi connectivity index (χ3n) is 5.78. The Labute approximate surface area is 207 Å². The lowest BCUT2D eigenvalue weighted by Gasteiger charge is -2.24. The van der Waals surface area contributed by atoms with Gasteiger partial charge in [0.05, 0.1) is 13.1 Å². The summed E-state index contributed by atoms with van der Waals surface area (Å²) in [6, 6.07) is 11.8. The lowest BCUT2D eigenvalue weighted by molar-refractivity contribution is 0.0735. The van der Waals surface area contributed by atoms with Crippen LogP contribution in [0.4, 0.5) is 0 Å². The molecule has 2 amide bonds. The molecule has 7 heteroatoms. The first-order valence-corrected chi connectivity index (χ1v) is 13.1. The highest BCUT2D eigenvalue weighted by molar-refractivity contribution is 7.09. The Morgan fingerprint density at radius 3 is 2.26 bits per heavy atom. The standard InChI is InChI=1S/C27H36N4O2S/c1-5-14-29(15-6-2)27(33)24-20-34-25(28-24)19-30-17-10-12-22(30)18-31(16-7-3)26(32)23-13-9-8-11-21(23)4/h8-13,17,20H,5-7,14-16,18-19H2,1-4H3. The predicted octanol–water partition coefficient (Wildman–Crippen LogP) is 5.62. The number of carbonyl (C=O) groups excluding carboxylic acids is 2. The van der Waals surface area contributed by atoms with Gasteiger partial charge in [-0.05, 0) is 49.9 Å². The molecule has 34 heavy (non-hydrogen) atoms. The maximum Gasteiger partial charge on any atom is 0.273 e. The van der Waals surface area contributed by atoms with Crippen LogP contribution in [0.5, 0.6) is 0 Å². The number of nitrogens with zero attached hydrogens (tertiary/aromatic N) is 4. The summed E-state index contributed by atoms with van der Waals surface area (Å²) in [6.45, 7) is 11.6. The molecule has 3 rings (SSSR count). The second kappa shape index (κ2) is 12.5. The topological polar surface area (TPSA) is 58.4 Å². The van der Waals surface area contributed by atoms with E-state index in [0.29, 0.717) is 25.3 Å². The molecule has 0 saturated carbocycles. The molecule has 0 spiro atoms. The fourth-order valence-electron chi connectivity index (χ4n) is 4.09. The Bertz CT molecular complexity index is 1080. The molecule has 0 saturated heterocycles. The Hall–Kier alpha value is -2.93. The van der Waals surface area contributed by atoms with Gasteiger partial charge in [-0.2, -0.15) is 0 Å². The first kappa shape index (κ1) is 25.7. The number of amides is 2. The van der Waals surface area contributed by atoms with Gasteiger partial charge in [0.15, 0.2) is 0 Å². The van der Waals surface area contributed by atoms with Crippen molar-refractivity contribution in [1.82, 2.24) is 19.4 Å². The molecule has 2 aromatic heterocycles. The van der Waals surface area contributed by atoms with Gasteiger partial charge >= 0.3 is 0 Å². The second-order valence-corrected chi connectivity index (χ2v) is 9.53. The highest BCUT2D eigenvalue weighted by atomic mass is 32.1. The summed E-state index contributed by atoms with van der Waals surface area (Å²) in [5.74, 6) is 0.0682. The number of carbonyl (C=O) groups is 2. The van der Waals surface area contributed by atoms with Gasteiger partial charge in [0.2, 0.25) is 0 Å². The molecule has 0 aliphatic rings. The minimum atomic E-state index is 0.0110. The van der Waals surface area contributed by atoms with Crippen molar-refractivity contribution in [1.29, 1.82) is 0 Å². The minimum Gasteiger partial charge on any atom is -0.343 e. The van der Waals surface area contributed by atoms with E-state index in [1.54, 1.807) is 0 Å². The summed E-state index contributed by atoms with van der Waals surface area (Å²) in [5, 5.41) is 2.76. The van der Waals surface area contributed by atoms with Crippen molar-refractivity contribution in [3.8, 4) is 0 Å². The second-order valence-electron chi connectivity index (χ2n) is 8.59. The molecular formula is C27H36N4O2S. The van der Waals surface area contributed by atoms with E-state index in [1.165, 1.54) is 11.3 Å². The van der Waals surface area contributed by atoms with Crippen LogP contribution in [0.3, 0.4) is 0 Å². The fourth-order valence-corrected chi connectivity index (χ4v) is 4.86. The van der Waals surface area contributed by atoms with Crippen molar-refractivity contribution in [2.45, 2.75) is 60.0 Å². The van der Waals surface area contributed by atoms with E-state index in [4.69, 9.17) is 0 Å². The largest absolute Gasteiger partial charge is 0.343 e. The maximum absolute atomic E-state index is 13.3. The molecule has 0 aliphatic heterocycles. The Morgan fingerprint density at radius 2 is 1.59 bits per heavy atom. The van der Waals surface area contributed by atoms with Crippen molar-refractivity contribution in [3.05, 3.63) is 75.5 Å². The van der Waals surface area contributed by atoms with Crippen molar-refractivity contribution < 1.29 is 9.59 Å². The summed E-state index contributed by atoms with van der Waals surface area (Å²) in [5.41, 5.74) is 3.32. The third-order valence-corrected chi connectivity index (χ3v) is 6.62. The van der Waals surface area contributed by atoms with E-state index in [0.717, 1.165) is 54.2 Å². The number of rotatable bonds is 12. The summed E-state index contributed by atoms with van der Waals surface area (Å²) in [7, 11) is 0. The van der Waals surface area contributed by atoms with Gasteiger partial charge in [0.25, 0.3) is 11.8 Å². The Kier molecular flexibility index (Phi) is 9.45. The van der Waals surface area contributed by atoms with Gasteiger partial charge in [-0.1, -0.05) is 39.0 Å². The molecule has 0 bridgehead atoms. The number of hydrogen-bond acceptors (Lipinski definition) is 4. The highest BCUT2D eigenvalue weighted by Gasteiger charge is 2.20. The van der Waals surface area contributed by atoms with Crippen molar-refractivity contribution in [2.75, 3.05) is 19.6 Å². The molecular weight excluding hydrogens is 444 g/mol. The highest BCUT2D eigenvalue weighted by Crippen LogP contribution is 2.18. The van der Waals surface area contributed by atoms with E-state index in [2.05, 4.69) is 36.4 Å². The van der Waals surface area contributed by atoms with Gasteiger partial charge < -0.3 is 14.4 Å². The maximum atomic E-state index is 13.3. The van der Waals surface area contributed by atoms with E-state index in [9.17, 15) is 9.59 Å². The van der Waals surface area contributed by atoms with E-state index in [1.807, 2.05) is 58.6 Å². The quantitative estimate of drug-likeness (QED) is 0.338. The van der Waals surface area contributed by atoms with Crippen LogP contribution in [0.25, 0.3) is 0 Å². The molecule has 2 heterocycles. The van der Waals surface area contributed by atoms with E-state index >= 15 is 0 Å². The number of aryl methyl sites for hydroxylation is 1. The summed E-state index contributed by atoms with van der Waals surface area (Å²) >= 11 is 1.51. The Morgan fingerprint density at radius 1 is 0.912 bits per heavy atom. The molecule has 0 radical (unpaired) electrons. The number of benzene rings is 1. The SMILES string of the molecule is CCCN(CCC)C(=O)c1csc(Cn2cccc2CN(CCC)C(=O)c2ccccc2C)n1. The van der Waals surface area contributed by atoms with Crippen molar-refractivity contribution >= 4 is 23.2 Å². The van der Waals surface area contributed by atoms with E-state index < -0.39 is 0 Å². The molecule has 6 nitrogen and oxygen atoms in total. The van der Waals surface area contributed by atoms with Crippen LogP contribution in [-0.2, 0) is 13.1 Å². The van der Waals surface area contributed by atoms with Crippen LogP contribution < -0.4 is 0 Å². The van der Waals surface area contributed by atoms with Crippen molar-refractivity contribution in [2.24, 2.45) is 0 Å². The van der Waals surface area contributed by atoms with Crippen LogP contribution in [0.15, 0.2) is 48.0 Å². The zero-order chi connectivity index (χ0) is 24.5. The summed E-state index contributed by atoms with van der Waals surface area (Å²) in [4.78, 5) is 34.6. The smallest absolute Gasteiger partial charge is 0.273 e. The van der Waals surface area contributed by atoms with Gasteiger partial charge in [0.1, 0.15) is 10.7 Å². The molecule has 0 fully saturated rings. The van der Waals surface area contributed by atoms with Crippen LogP contribution in [0, 0.1) is 6.92 Å². The van der Waals surface area contributed by atoms with Gasteiger partial charge in [-0.15, -0.1) is 11.3 Å². The van der Waals surface area contributed by atoms with Gasteiger partial charge in [-0.25, -0.2) is 4.98 Å². The van der Waals surface area contributed by atoms with Gasteiger partial charge in [-0.3, -0.25) is 9.59 Å². The number of aromatic nitrogens is 2. The molecule has 0 unspecified atom stereocenters. The van der Waals surface area contributed by atoms with Crippen LogP contribution >= 0.6 is 11.3 Å². The fraction of sp³-hybridized carbons (Fsp3) is 0.444. The average molecular weight is 481 g/mol. The summed E-state index contributed by atoms with van der Waals surface area (Å²) < 4.78 is 2.12. The third kappa shape index (κ3) is 6.35. The normalized spacial score (nSPS) is 10.9. The first-order chi connectivity index (χ1) is 16.5. The number of thiazole rings is 1. The van der Waals surface area contributed by atoms with E-state index in [-0.39, 0.29) is 11.8 Å². The van der Waals surface area contributed by atoms with Crippen molar-refractivity contribution in [3.63, 3.8) is 0 Å². The monoisotopic (exact) mass is 480 g/mol. The molecule has 1 aromatic carbocycles. The molecule has 182 valence electrons. The number of hydrogen-bond donors (Lipinski definition) is 0. The molecule has 0 atom stereocenters. The predicted molar refractivity (Wildman–Crippen MR) is 138 cm³/mol. The van der Waals surface area contributed by atoms with Crippen LogP contribution in [-0.4, -0.2) is 50.8 Å². The minimum absolute atomic E-state index is 0.0110. The zero-order valence-corrected chi connectivity index (χ0v) is 21.6. The summed E-state index contributed by atoms with van der Waals surface area (Å²) in [6.07, 6.45) is 4.78. The van der Waals surface area contributed by atoms with Crippen LogP contribution in [0.1, 0.15) is 77.1 Å². The molecule has 0 aliphatic carbocycles. The van der Waals surface area contributed by atoms with Crippen LogP contribution in [0.2, 0.25) is 0 Å². The lowest BCUT2D eigenvalue weighted by Crippen LogP contribution is -2.33. The molecule has 3 aromatic rings. The zero-order valence-electron chi connectivity index (χ0n) is 20.8. The average Bonchev–Trinajstić information content (AvgIpc) is 3.48. The molecule has 0 N–H and O–H groups in total. The van der Waals surface area contributed by atoms with Gasteiger partial charge in [0, 0.05) is 42.5 Å². The lowest BCUT2D eigenvalue weighted by atomic mass is 10.1.